The first-order valence-corrected chi connectivity index (χ1v) is 16.2. The summed E-state index contributed by atoms with van der Waals surface area (Å²) in [5.41, 5.74) is 1.09. The van der Waals surface area contributed by atoms with Crippen molar-refractivity contribution >= 4 is 36.9 Å². The van der Waals surface area contributed by atoms with E-state index in [1.54, 1.807) is 51.1 Å². The van der Waals surface area contributed by atoms with Gasteiger partial charge in [0.1, 0.15) is 6.16 Å². The average Bonchev–Trinajstić information content (AvgIpc) is 3.41. The lowest BCUT2D eigenvalue weighted by atomic mass is 9.97. The third kappa shape index (κ3) is 10.1. The summed E-state index contributed by atoms with van der Waals surface area (Å²) in [6, 6.07) is 17.2. The Morgan fingerprint density at radius 1 is 1.00 bits per heavy atom. The van der Waals surface area contributed by atoms with Crippen molar-refractivity contribution in [3.8, 4) is 0 Å². The predicted molar refractivity (Wildman–Crippen MR) is 159 cm³/mol. The molecule has 1 N–H and O–H groups in total. The highest BCUT2D eigenvalue weighted by Gasteiger charge is 2.43. The fourth-order valence-electron chi connectivity index (χ4n) is 4.21. The second-order valence-electron chi connectivity index (χ2n) is 11.2. The third-order valence-corrected chi connectivity index (χ3v) is 8.30. The molecule has 3 unspecified atom stereocenters. The lowest BCUT2D eigenvalue weighted by Gasteiger charge is -2.25. The van der Waals surface area contributed by atoms with Crippen LogP contribution >= 0.6 is 7.37 Å². The van der Waals surface area contributed by atoms with Gasteiger partial charge in [-0.15, -0.1) is 0 Å². The van der Waals surface area contributed by atoms with E-state index < -0.39 is 55.1 Å². The van der Waals surface area contributed by atoms with Crippen molar-refractivity contribution in [1.29, 1.82) is 0 Å². The molecule has 3 rings (SSSR count). The Morgan fingerprint density at radius 3 is 2.23 bits per heavy atom. The normalized spacial score (nSPS) is 16.9. The summed E-state index contributed by atoms with van der Waals surface area (Å²) in [7, 11) is -3.92. The molecule has 1 amide bonds. The average molecular weight is 615 g/mol. The minimum absolute atomic E-state index is 0.0631. The van der Waals surface area contributed by atoms with Gasteiger partial charge in [0.2, 0.25) is 7.37 Å². The van der Waals surface area contributed by atoms with Crippen LogP contribution < -0.4 is 0 Å². The molecule has 11 nitrogen and oxygen atoms in total. The first-order chi connectivity index (χ1) is 20.3. The minimum atomic E-state index is -3.92. The molecule has 12 heteroatoms. The fourth-order valence-corrected chi connectivity index (χ4v) is 5.66. The van der Waals surface area contributed by atoms with Crippen LogP contribution in [0.4, 0.5) is 0 Å². The summed E-state index contributed by atoms with van der Waals surface area (Å²) >= 11 is 0. The first-order valence-electron chi connectivity index (χ1n) is 14.2. The topological polar surface area (TPSA) is 149 Å². The number of rotatable bonds is 13. The van der Waals surface area contributed by atoms with Crippen LogP contribution in [0.15, 0.2) is 65.8 Å². The summed E-state index contributed by atoms with van der Waals surface area (Å²) in [5, 5.41) is 5.14. The van der Waals surface area contributed by atoms with Gasteiger partial charge in [0, 0.05) is 12.6 Å². The molecule has 1 heterocycles. The zero-order valence-corrected chi connectivity index (χ0v) is 25.8. The van der Waals surface area contributed by atoms with Crippen LogP contribution in [0, 0.1) is 5.41 Å². The monoisotopic (exact) mass is 614 g/mol. The first kappa shape index (κ1) is 33.7. The van der Waals surface area contributed by atoms with Gasteiger partial charge in [-0.2, -0.15) is 5.10 Å². The van der Waals surface area contributed by atoms with Gasteiger partial charge >= 0.3 is 24.2 Å². The number of amides is 1. The molecular formula is C31H39N2O9P. The van der Waals surface area contributed by atoms with E-state index in [2.05, 4.69) is 5.10 Å². The second kappa shape index (κ2) is 15.1. The lowest BCUT2D eigenvalue weighted by molar-refractivity contribution is -0.210. The molecule has 0 aliphatic carbocycles. The Balaban J connectivity index is 1.75. The number of hydrogen-bond acceptors (Lipinski definition) is 9. The van der Waals surface area contributed by atoms with Crippen LogP contribution in [0.25, 0.3) is 0 Å². The molecule has 1 aliphatic rings. The zero-order chi connectivity index (χ0) is 31.6. The van der Waals surface area contributed by atoms with Gasteiger partial charge in [0.25, 0.3) is 5.91 Å². The van der Waals surface area contributed by atoms with Crippen LogP contribution in [0.5, 0.6) is 0 Å². The lowest BCUT2D eigenvalue weighted by Crippen LogP contribution is -2.45. The third-order valence-electron chi connectivity index (χ3n) is 6.52. The molecule has 0 radical (unpaired) electrons. The molecule has 0 bridgehead atoms. The van der Waals surface area contributed by atoms with Gasteiger partial charge in [0.15, 0.2) is 6.04 Å². The molecule has 2 aromatic rings. The van der Waals surface area contributed by atoms with Gasteiger partial charge in [-0.25, -0.2) is 14.6 Å². The smallest absolute Gasteiger partial charge is 0.389 e. The molecular weight excluding hydrogens is 575 g/mol. The van der Waals surface area contributed by atoms with Crippen LogP contribution in [-0.4, -0.2) is 70.7 Å². The Morgan fingerprint density at radius 2 is 1.63 bits per heavy atom. The molecule has 1 aliphatic heterocycles. The maximum Gasteiger partial charge on any atom is 0.389 e. The summed E-state index contributed by atoms with van der Waals surface area (Å²) in [6.45, 7) is 6.16. The van der Waals surface area contributed by atoms with Crippen LogP contribution in [-0.2, 0) is 44.4 Å². The van der Waals surface area contributed by atoms with Crippen molar-refractivity contribution in [2.24, 2.45) is 10.5 Å². The van der Waals surface area contributed by atoms with Crippen LogP contribution in [0.2, 0.25) is 0 Å². The number of ether oxygens (including phenoxy) is 3. The van der Waals surface area contributed by atoms with E-state index in [1.807, 2.05) is 30.3 Å². The maximum atomic E-state index is 13.4. The predicted octanol–water partition coefficient (Wildman–Crippen LogP) is 4.31. The Labute approximate surface area is 251 Å². The van der Waals surface area contributed by atoms with Gasteiger partial charge in [-0.1, -0.05) is 60.7 Å². The van der Waals surface area contributed by atoms with E-state index in [1.165, 1.54) is 6.92 Å². The molecule has 232 valence electrons. The molecule has 0 aromatic heterocycles. The number of carbonyl (C=O) groups is 4. The number of esters is 3. The quantitative estimate of drug-likeness (QED) is 0.151. The van der Waals surface area contributed by atoms with Gasteiger partial charge in [-0.05, 0) is 58.1 Å². The van der Waals surface area contributed by atoms with Crippen LogP contribution in [0.1, 0.15) is 58.1 Å². The number of benzene rings is 2. The van der Waals surface area contributed by atoms with E-state index in [4.69, 9.17) is 14.2 Å². The second-order valence-corrected chi connectivity index (χ2v) is 13.7. The number of nitrogens with zero attached hydrogens (tertiary/aromatic N) is 2. The molecule has 3 atom stereocenters. The molecule has 0 spiro atoms. The summed E-state index contributed by atoms with van der Waals surface area (Å²) < 4.78 is 28.3. The molecule has 0 saturated carbocycles. The van der Waals surface area contributed by atoms with Gasteiger partial charge in [0.05, 0.1) is 17.7 Å². The number of aryl methyl sites for hydroxylation is 1. The van der Waals surface area contributed by atoms with Gasteiger partial charge in [-0.3, -0.25) is 14.2 Å². The van der Waals surface area contributed by atoms with Crippen molar-refractivity contribution in [1.82, 2.24) is 5.01 Å². The minimum Gasteiger partial charge on any atom is -0.460 e. The van der Waals surface area contributed by atoms with Crippen LogP contribution in [0.3, 0.4) is 0 Å². The number of unbranched alkanes of at least 4 members (excludes halogenated alkanes) is 1. The highest BCUT2D eigenvalue weighted by Crippen LogP contribution is 2.42. The number of hydrogen-bond donors (Lipinski definition) is 1. The number of carbonyl (C=O) groups excluding carboxylic acids is 4. The molecule has 0 saturated heterocycles. The summed E-state index contributed by atoms with van der Waals surface area (Å²) in [5.74, 6) is -3.84. The van der Waals surface area contributed by atoms with Gasteiger partial charge < -0.3 is 19.1 Å². The number of hydrazone groups is 1. The van der Waals surface area contributed by atoms with E-state index in [-0.39, 0.29) is 19.2 Å². The van der Waals surface area contributed by atoms with Crippen molar-refractivity contribution in [3.63, 3.8) is 0 Å². The molecule has 0 fully saturated rings. The summed E-state index contributed by atoms with van der Waals surface area (Å²) in [4.78, 5) is 62.3. The van der Waals surface area contributed by atoms with E-state index in [9.17, 15) is 28.6 Å². The summed E-state index contributed by atoms with van der Waals surface area (Å²) in [6.07, 6.45) is -1.07. The maximum absolute atomic E-state index is 13.4. The SMILES string of the molecule is CCOC(=O)C(OC(=O)C1CC(c2ccccc2)=NN1C(=O)CP(=O)(O)CCCCc1ccccc1)OC(=O)C(C)(C)C. The highest BCUT2D eigenvalue weighted by molar-refractivity contribution is 7.58. The van der Waals surface area contributed by atoms with Crippen molar-refractivity contribution in [2.75, 3.05) is 18.9 Å². The van der Waals surface area contributed by atoms with E-state index >= 15 is 0 Å². The Bertz CT molecular complexity index is 1360. The molecule has 2 aromatic carbocycles. The fraction of sp³-hybridized carbons (Fsp3) is 0.452. The molecule has 43 heavy (non-hydrogen) atoms. The standard InChI is InChI=1S/C31H39N2O9P/c1-5-40-28(36)29(42-30(37)31(2,3)4)41-27(35)25-20-24(23-17-10-7-11-18-23)32-33(25)26(34)21-43(38,39)19-13-12-16-22-14-8-6-9-15-22/h6-11,14-15,17-18,25,29H,5,12-13,16,19-21H2,1-4H3,(H,38,39). The van der Waals surface area contributed by atoms with E-state index in [0.717, 1.165) is 17.0 Å². The van der Waals surface area contributed by atoms with Crippen molar-refractivity contribution in [2.45, 2.75) is 65.7 Å². The van der Waals surface area contributed by atoms with E-state index in [0.29, 0.717) is 24.1 Å². The Kier molecular flexibility index (Phi) is 11.8. The zero-order valence-electron chi connectivity index (χ0n) is 24.9. The van der Waals surface area contributed by atoms with Crippen molar-refractivity contribution in [3.05, 3.63) is 71.8 Å². The van der Waals surface area contributed by atoms with Crippen molar-refractivity contribution < 1.29 is 42.8 Å². The largest absolute Gasteiger partial charge is 0.460 e. The Hall–Kier alpha value is -3.82. The highest BCUT2D eigenvalue weighted by atomic mass is 31.2.